The Morgan fingerprint density at radius 2 is 2.00 bits per heavy atom. The van der Waals surface area contributed by atoms with Gasteiger partial charge < -0.3 is 23.4 Å². The van der Waals surface area contributed by atoms with Gasteiger partial charge in [0, 0.05) is 19.2 Å². The molecule has 0 radical (unpaired) electrons. The SMILES string of the molecule is CC[C@@H](C)N(CC(=O)N(Cc1ccco1)C[C@@H]1CCCO1)C(=O)c1ccco1. The molecule has 3 rings (SSSR count). The number of rotatable bonds is 9. The summed E-state index contributed by atoms with van der Waals surface area (Å²) in [5.74, 6) is 0.540. The van der Waals surface area contributed by atoms with Crippen molar-refractivity contribution in [2.24, 2.45) is 0 Å². The standard InChI is InChI=1S/C21H28N2O5/c1-3-16(2)23(21(25)19-9-6-12-28-19)15-20(24)22(13-17-7-4-10-26-17)14-18-8-5-11-27-18/h4,6-7,9-10,12,16,18H,3,5,8,11,13-15H2,1-2H3/t16-,18+/m1/s1. The molecule has 1 aliphatic heterocycles. The first-order valence-corrected chi connectivity index (χ1v) is 9.84. The fraction of sp³-hybridized carbons (Fsp3) is 0.524. The molecule has 1 fully saturated rings. The lowest BCUT2D eigenvalue weighted by Crippen LogP contribution is -2.47. The monoisotopic (exact) mass is 388 g/mol. The second-order valence-electron chi connectivity index (χ2n) is 7.16. The lowest BCUT2D eigenvalue weighted by molar-refractivity contribution is -0.134. The van der Waals surface area contributed by atoms with Gasteiger partial charge >= 0.3 is 0 Å². The quantitative estimate of drug-likeness (QED) is 0.659. The van der Waals surface area contributed by atoms with Gasteiger partial charge in [-0.3, -0.25) is 9.59 Å². The molecule has 0 spiro atoms. The van der Waals surface area contributed by atoms with Crippen molar-refractivity contribution in [3.63, 3.8) is 0 Å². The Kier molecular flexibility index (Phi) is 6.92. The Morgan fingerprint density at radius 1 is 1.21 bits per heavy atom. The predicted octanol–water partition coefficient (Wildman–Crippen LogP) is 3.32. The summed E-state index contributed by atoms with van der Waals surface area (Å²) in [5, 5.41) is 0. The van der Waals surface area contributed by atoms with Crippen LogP contribution < -0.4 is 0 Å². The zero-order valence-electron chi connectivity index (χ0n) is 16.5. The highest BCUT2D eigenvalue weighted by atomic mass is 16.5. The van der Waals surface area contributed by atoms with E-state index in [-0.39, 0.29) is 36.3 Å². The molecule has 0 aliphatic carbocycles. The van der Waals surface area contributed by atoms with Crippen LogP contribution in [0.15, 0.2) is 45.6 Å². The van der Waals surface area contributed by atoms with Gasteiger partial charge in [-0.1, -0.05) is 6.92 Å². The number of furan rings is 2. The third-order valence-corrected chi connectivity index (χ3v) is 5.15. The lowest BCUT2D eigenvalue weighted by atomic mass is 10.2. The highest BCUT2D eigenvalue weighted by Gasteiger charge is 2.29. The van der Waals surface area contributed by atoms with E-state index in [1.807, 2.05) is 19.9 Å². The Labute approximate surface area is 165 Å². The Hall–Kier alpha value is -2.54. The van der Waals surface area contributed by atoms with Crippen LogP contribution in [0.3, 0.4) is 0 Å². The lowest BCUT2D eigenvalue weighted by Gasteiger charge is -2.31. The highest BCUT2D eigenvalue weighted by Crippen LogP contribution is 2.17. The zero-order chi connectivity index (χ0) is 19.9. The molecular weight excluding hydrogens is 360 g/mol. The molecule has 1 aliphatic rings. The average molecular weight is 388 g/mol. The van der Waals surface area contributed by atoms with E-state index in [2.05, 4.69) is 0 Å². The Balaban J connectivity index is 1.73. The highest BCUT2D eigenvalue weighted by molar-refractivity contribution is 5.94. The number of hydrogen-bond acceptors (Lipinski definition) is 5. The number of hydrogen-bond donors (Lipinski definition) is 0. The van der Waals surface area contributed by atoms with Crippen LogP contribution >= 0.6 is 0 Å². The zero-order valence-corrected chi connectivity index (χ0v) is 16.5. The van der Waals surface area contributed by atoms with E-state index in [1.165, 1.54) is 6.26 Å². The third kappa shape index (κ3) is 5.04. The molecule has 0 N–H and O–H groups in total. The summed E-state index contributed by atoms with van der Waals surface area (Å²) in [4.78, 5) is 29.3. The van der Waals surface area contributed by atoms with Crippen molar-refractivity contribution in [2.45, 2.75) is 51.8 Å². The van der Waals surface area contributed by atoms with Gasteiger partial charge in [0.25, 0.3) is 5.91 Å². The maximum absolute atomic E-state index is 13.2. The molecule has 0 unspecified atom stereocenters. The Morgan fingerprint density at radius 3 is 2.61 bits per heavy atom. The fourth-order valence-electron chi connectivity index (χ4n) is 3.32. The summed E-state index contributed by atoms with van der Waals surface area (Å²) in [5.41, 5.74) is 0. The van der Waals surface area contributed by atoms with Crippen LogP contribution in [0.4, 0.5) is 0 Å². The molecular formula is C21H28N2O5. The predicted molar refractivity (Wildman–Crippen MR) is 103 cm³/mol. The van der Waals surface area contributed by atoms with Crippen molar-refractivity contribution in [3.8, 4) is 0 Å². The van der Waals surface area contributed by atoms with E-state index in [9.17, 15) is 9.59 Å². The maximum Gasteiger partial charge on any atom is 0.290 e. The van der Waals surface area contributed by atoms with Crippen molar-refractivity contribution >= 4 is 11.8 Å². The van der Waals surface area contributed by atoms with E-state index < -0.39 is 0 Å². The van der Waals surface area contributed by atoms with Gasteiger partial charge in [0.15, 0.2) is 5.76 Å². The summed E-state index contributed by atoms with van der Waals surface area (Å²) in [7, 11) is 0. The second-order valence-corrected chi connectivity index (χ2v) is 7.16. The van der Waals surface area contributed by atoms with Crippen LogP contribution in [-0.2, 0) is 16.1 Å². The van der Waals surface area contributed by atoms with Gasteiger partial charge in [-0.25, -0.2) is 0 Å². The number of carbonyl (C=O) groups is 2. The van der Waals surface area contributed by atoms with E-state index >= 15 is 0 Å². The average Bonchev–Trinajstić information content (AvgIpc) is 3.47. The number of ether oxygens (including phenoxy) is 1. The smallest absolute Gasteiger partial charge is 0.290 e. The van der Waals surface area contributed by atoms with Gasteiger partial charge in [-0.2, -0.15) is 0 Å². The molecule has 7 nitrogen and oxygen atoms in total. The number of amides is 2. The van der Waals surface area contributed by atoms with Crippen LogP contribution in [0.5, 0.6) is 0 Å². The topological polar surface area (TPSA) is 76.1 Å². The second kappa shape index (κ2) is 9.59. The molecule has 1 saturated heterocycles. The normalized spacial score (nSPS) is 17.4. The third-order valence-electron chi connectivity index (χ3n) is 5.15. The van der Waals surface area contributed by atoms with Crippen LogP contribution in [0.1, 0.15) is 49.4 Å². The summed E-state index contributed by atoms with van der Waals surface area (Å²) >= 11 is 0. The van der Waals surface area contributed by atoms with Crippen molar-refractivity contribution < 1.29 is 23.2 Å². The molecule has 152 valence electrons. The van der Waals surface area contributed by atoms with Gasteiger partial charge in [-0.05, 0) is 50.5 Å². The first kappa shape index (κ1) is 20.2. The fourth-order valence-corrected chi connectivity index (χ4v) is 3.32. The van der Waals surface area contributed by atoms with Crippen LogP contribution in [0, 0.1) is 0 Å². The minimum atomic E-state index is -0.275. The van der Waals surface area contributed by atoms with Crippen molar-refractivity contribution in [2.75, 3.05) is 19.7 Å². The molecule has 28 heavy (non-hydrogen) atoms. The van der Waals surface area contributed by atoms with E-state index in [0.717, 1.165) is 25.9 Å². The van der Waals surface area contributed by atoms with E-state index in [0.29, 0.717) is 18.8 Å². The molecule has 2 aromatic heterocycles. The van der Waals surface area contributed by atoms with E-state index in [4.69, 9.17) is 13.6 Å². The van der Waals surface area contributed by atoms with Gasteiger partial charge in [0.1, 0.15) is 12.3 Å². The largest absolute Gasteiger partial charge is 0.467 e. The van der Waals surface area contributed by atoms with Crippen LogP contribution in [-0.4, -0.2) is 53.5 Å². The molecule has 2 amide bonds. The minimum absolute atomic E-state index is 0.0119. The molecule has 0 aromatic carbocycles. The molecule has 3 heterocycles. The van der Waals surface area contributed by atoms with Gasteiger partial charge in [-0.15, -0.1) is 0 Å². The summed E-state index contributed by atoms with van der Waals surface area (Å²) in [6.07, 6.45) is 5.76. The minimum Gasteiger partial charge on any atom is -0.467 e. The van der Waals surface area contributed by atoms with Gasteiger partial charge in [0.2, 0.25) is 5.91 Å². The first-order chi connectivity index (χ1) is 13.6. The molecule has 7 heteroatoms. The summed E-state index contributed by atoms with van der Waals surface area (Å²) in [6.45, 7) is 5.48. The molecule has 0 saturated carbocycles. The van der Waals surface area contributed by atoms with Crippen molar-refractivity contribution in [1.82, 2.24) is 9.80 Å². The summed E-state index contributed by atoms with van der Waals surface area (Å²) in [6, 6.07) is 6.85. The van der Waals surface area contributed by atoms with Gasteiger partial charge in [0.05, 0.1) is 25.2 Å². The number of carbonyl (C=O) groups excluding carboxylic acids is 2. The van der Waals surface area contributed by atoms with Crippen LogP contribution in [0.2, 0.25) is 0 Å². The number of nitrogens with zero attached hydrogens (tertiary/aromatic N) is 2. The van der Waals surface area contributed by atoms with Crippen molar-refractivity contribution in [3.05, 3.63) is 48.3 Å². The first-order valence-electron chi connectivity index (χ1n) is 9.84. The Bertz CT molecular complexity index is 735. The molecule has 2 aromatic rings. The summed E-state index contributed by atoms with van der Waals surface area (Å²) < 4.78 is 16.4. The van der Waals surface area contributed by atoms with Crippen LogP contribution in [0.25, 0.3) is 0 Å². The van der Waals surface area contributed by atoms with E-state index in [1.54, 1.807) is 34.3 Å². The molecule has 2 atom stereocenters. The van der Waals surface area contributed by atoms with Crippen molar-refractivity contribution in [1.29, 1.82) is 0 Å². The molecule has 0 bridgehead atoms. The maximum atomic E-state index is 13.2.